The number of aliphatic carboxylic acids is 1. The first-order valence-electron chi connectivity index (χ1n) is 6.33. The molecule has 8 heteroatoms. The summed E-state index contributed by atoms with van der Waals surface area (Å²) in [5.74, 6) is -1.49. The van der Waals surface area contributed by atoms with Crippen LogP contribution in [-0.2, 0) is 4.79 Å². The van der Waals surface area contributed by atoms with Crippen molar-refractivity contribution in [2.24, 2.45) is 5.92 Å². The number of nitro benzene ring substituents is 1. The van der Waals surface area contributed by atoms with Gasteiger partial charge in [-0.3, -0.25) is 19.7 Å². The Morgan fingerprint density at radius 2 is 2.19 bits per heavy atom. The first kappa shape index (κ1) is 15.2. The summed E-state index contributed by atoms with van der Waals surface area (Å²) in [6, 6.07) is 3.89. The predicted octanol–water partition coefficient (Wildman–Crippen LogP) is 2.19. The van der Waals surface area contributed by atoms with Crippen LogP contribution >= 0.6 is 11.6 Å². The van der Waals surface area contributed by atoms with E-state index in [0.29, 0.717) is 19.5 Å². The standard InChI is InChI=1S/C13H13ClN2O5/c14-9-1-2-10(11(6-9)16(20)21)13(19)15-4-3-8(7-15)5-12(17)18/h1-2,6,8H,3-5,7H2,(H,17,18). The van der Waals surface area contributed by atoms with E-state index in [1.54, 1.807) is 0 Å². The second-order valence-electron chi connectivity index (χ2n) is 4.92. The van der Waals surface area contributed by atoms with Gasteiger partial charge in [-0.1, -0.05) is 11.6 Å². The van der Waals surface area contributed by atoms with Crippen molar-refractivity contribution in [1.29, 1.82) is 0 Å². The summed E-state index contributed by atoms with van der Waals surface area (Å²) in [6.07, 6.45) is 0.575. The van der Waals surface area contributed by atoms with Gasteiger partial charge in [0.1, 0.15) is 5.56 Å². The highest BCUT2D eigenvalue weighted by atomic mass is 35.5. The number of carboxylic acids is 1. The van der Waals surface area contributed by atoms with Gasteiger partial charge in [0.25, 0.3) is 11.6 Å². The van der Waals surface area contributed by atoms with Gasteiger partial charge in [0.2, 0.25) is 0 Å². The summed E-state index contributed by atoms with van der Waals surface area (Å²) >= 11 is 5.71. The Hall–Kier alpha value is -2.15. The third kappa shape index (κ3) is 3.49. The maximum atomic E-state index is 12.3. The fraction of sp³-hybridized carbons (Fsp3) is 0.385. The zero-order chi connectivity index (χ0) is 15.6. The van der Waals surface area contributed by atoms with Crippen LogP contribution in [0.4, 0.5) is 5.69 Å². The Morgan fingerprint density at radius 3 is 2.81 bits per heavy atom. The molecule has 1 aromatic rings. The molecule has 1 atom stereocenters. The number of benzene rings is 1. The SMILES string of the molecule is O=C(O)CC1CCN(C(=O)c2ccc(Cl)cc2[N+](=O)[O-])C1. The van der Waals surface area contributed by atoms with Crippen molar-refractivity contribution in [3.8, 4) is 0 Å². The van der Waals surface area contributed by atoms with E-state index in [9.17, 15) is 19.7 Å². The number of nitro groups is 1. The van der Waals surface area contributed by atoms with E-state index in [1.165, 1.54) is 17.0 Å². The van der Waals surface area contributed by atoms with Gasteiger partial charge in [-0.2, -0.15) is 0 Å². The Bertz CT molecular complexity index is 604. The second kappa shape index (κ2) is 6.09. The van der Waals surface area contributed by atoms with Gasteiger partial charge in [0.05, 0.1) is 4.92 Å². The van der Waals surface area contributed by atoms with Crippen LogP contribution in [0.3, 0.4) is 0 Å². The van der Waals surface area contributed by atoms with E-state index < -0.39 is 16.8 Å². The predicted molar refractivity (Wildman–Crippen MR) is 74.4 cm³/mol. The Kier molecular flexibility index (Phi) is 4.42. The third-order valence-corrected chi connectivity index (χ3v) is 3.66. The molecule has 21 heavy (non-hydrogen) atoms. The van der Waals surface area contributed by atoms with Crippen molar-refractivity contribution in [3.05, 3.63) is 38.9 Å². The molecular formula is C13H13ClN2O5. The van der Waals surface area contributed by atoms with Gasteiger partial charge >= 0.3 is 5.97 Å². The van der Waals surface area contributed by atoms with Crippen LogP contribution < -0.4 is 0 Å². The zero-order valence-corrected chi connectivity index (χ0v) is 11.7. The fourth-order valence-corrected chi connectivity index (χ4v) is 2.60. The molecular weight excluding hydrogens is 300 g/mol. The summed E-state index contributed by atoms with van der Waals surface area (Å²) in [7, 11) is 0. The molecule has 1 saturated heterocycles. The number of carboxylic acid groups (broad SMARTS) is 1. The Labute approximate surface area is 125 Å². The summed E-state index contributed by atoms with van der Waals surface area (Å²) in [5, 5.41) is 19.9. The molecule has 1 heterocycles. The normalized spacial score (nSPS) is 17.8. The fourth-order valence-electron chi connectivity index (χ4n) is 2.44. The van der Waals surface area contributed by atoms with Crippen molar-refractivity contribution in [2.75, 3.05) is 13.1 Å². The maximum Gasteiger partial charge on any atom is 0.303 e. The number of halogens is 1. The summed E-state index contributed by atoms with van der Waals surface area (Å²) in [4.78, 5) is 34.8. The monoisotopic (exact) mass is 312 g/mol. The summed E-state index contributed by atoms with van der Waals surface area (Å²) < 4.78 is 0. The van der Waals surface area contributed by atoms with Crippen LogP contribution in [0, 0.1) is 16.0 Å². The highest BCUT2D eigenvalue weighted by molar-refractivity contribution is 6.31. The molecule has 7 nitrogen and oxygen atoms in total. The minimum Gasteiger partial charge on any atom is -0.481 e. The summed E-state index contributed by atoms with van der Waals surface area (Å²) in [6.45, 7) is 0.696. The van der Waals surface area contributed by atoms with Crippen molar-refractivity contribution in [1.82, 2.24) is 4.90 Å². The van der Waals surface area contributed by atoms with Crippen LogP contribution in [0.25, 0.3) is 0 Å². The van der Waals surface area contributed by atoms with Gasteiger partial charge in [-0.25, -0.2) is 0 Å². The lowest BCUT2D eigenvalue weighted by Gasteiger charge is -2.16. The van der Waals surface area contributed by atoms with E-state index in [4.69, 9.17) is 16.7 Å². The molecule has 0 radical (unpaired) electrons. The molecule has 0 aliphatic carbocycles. The van der Waals surface area contributed by atoms with Gasteiger partial charge in [-0.05, 0) is 24.5 Å². The average Bonchev–Trinajstić information content (AvgIpc) is 2.85. The zero-order valence-electron chi connectivity index (χ0n) is 11.0. The van der Waals surface area contributed by atoms with Crippen molar-refractivity contribution >= 4 is 29.2 Å². The van der Waals surface area contributed by atoms with Crippen LogP contribution in [-0.4, -0.2) is 39.9 Å². The highest BCUT2D eigenvalue weighted by Gasteiger charge is 2.31. The number of amides is 1. The lowest BCUT2D eigenvalue weighted by atomic mass is 10.1. The smallest absolute Gasteiger partial charge is 0.303 e. The van der Waals surface area contributed by atoms with Crippen LogP contribution in [0.2, 0.25) is 5.02 Å². The number of likely N-dealkylation sites (tertiary alicyclic amines) is 1. The number of hydrogen-bond donors (Lipinski definition) is 1. The van der Waals surface area contributed by atoms with Gasteiger partial charge in [-0.15, -0.1) is 0 Å². The molecule has 2 rings (SSSR count). The number of carbonyl (C=O) groups excluding carboxylic acids is 1. The van der Waals surface area contributed by atoms with E-state index in [2.05, 4.69) is 0 Å². The summed E-state index contributed by atoms with van der Waals surface area (Å²) in [5.41, 5.74) is -0.366. The van der Waals surface area contributed by atoms with E-state index in [-0.39, 0.29) is 28.6 Å². The molecule has 1 unspecified atom stereocenters. The molecule has 1 N–H and O–H groups in total. The van der Waals surface area contributed by atoms with E-state index in [0.717, 1.165) is 6.07 Å². The van der Waals surface area contributed by atoms with Crippen molar-refractivity contribution < 1.29 is 19.6 Å². The second-order valence-corrected chi connectivity index (χ2v) is 5.36. The van der Waals surface area contributed by atoms with Gasteiger partial charge < -0.3 is 10.0 Å². The molecule has 0 saturated carbocycles. The molecule has 1 fully saturated rings. The van der Waals surface area contributed by atoms with E-state index in [1.807, 2.05) is 0 Å². The minimum atomic E-state index is -0.910. The van der Waals surface area contributed by atoms with Crippen LogP contribution in [0.5, 0.6) is 0 Å². The topological polar surface area (TPSA) is 101 Å². The molecule has 0 bridgehead atoms. The lowest BCUT2D eigenvalue weighted by Crippen LogP contribution is -2.29. The third-order valence-electron chi connectivity index (χ3n) is 3.42. The Balaban J connectivity index is 2.18. The average molecular weight is 313 g/mol. The quantitative estimate of drug-likeness (QED) is 0.678. The number of nitrogens with zero attached hydrogens (tertiary/aromatic N) is 2. The molecule has 1 aliphatic heterocycles. The molecule has 112 valence electrons. The maximum absolute atomic E-state index is 12.3. The number of rotatable bonds is 4. The minimum absolute atomic E-state index is 0.00745. The molecule has 0 spiro atoms. The number of carbonyl (C=O) groups is 2. The van der Waals surface area contributed by atoms with Crippen molar-refractivity contribution in [2.45, 2.75) is 12.8 Å². The van der Waals surface area contributed by atoms with E-state index >= 15 is 0 Å². The molecule has 1 aromatic carbocycles. The van der Waals surface area contributed by atoms with Crippen LogP contribution in [0.1, 0.15) is 23.2 Å². The first-order chi connectivity index (χ1) is 9.88. The molecule has 1 amide bonds. The Morgan fingerprint density at radius 1 is 1.48 bits per heavy atom. The lowest BCUT2D eigenvalue weighted by molar-refractivity contribution is -0.385. The number of hydrogen-bond acceptors (Lipinski definition) is 4. The first-order valence-corrected chi connectivity index (χ1v) is 6.71. The molecule has 1 aliphatic rings. The van der Waals surface area contributed by atoms with Crippen LogP contribution in [0.15, 0.2) is 18.2 Å². The highest BCUT2D eigenvalue weighted by Crippen LogP contribution is 2.27. The van der Waals surface area contributed by atoms with Gasteiger partial charge in [0.15, 0.2) is 0 Å². The molecule has 0 aromatic heterocycles. The van der Waals surface area contributed by atoms with Crippen molar-refractivity contribution in [3.63, 3.8) is 0 Å². The largest absolute Gasteiger partial charge is 0.481 e. The van der Waals surface area contributed by atoms with Gasteiger partial charge in [0, 0.05) is 30.6 Å².